The van der Waals surface area contributed by atoms with Gasteiger partial charge in [0.15, 0.2) is 6.71 Å². The van der Waals surface area contributed by atoms with Crippen LogP contribution in [-0.2, 0) is 0 Å². The van der Waals surface area contributed by atoms with Gasteiger partial charge in [0.1, 0.15) is 0 Å². The highest BCUT2D eigenvalue weighted by atomic mass is 14.0. The number of allylic oxidation sites excluding steroid dienone is 1. The standard InChI is InChI=1S/C13H25B/c1-2-3-4-5-6-8-11-14-12-9-7-10-13-14/h8,11H,2-7,9-10,12-13H2,1H3/b11-8+. The van der Waals surface area contributed by atoms with Gasteiger partial charge < -0.3 is 0 Å². The van der Waals surface area contributed by atoms with Gasteiger partial charge in [-0.25, -0.2) is 0 Å². The first-order valence-corrected chi connectivity index (χ1v) is 6.60. The van der Waals surface area contributed by atoms with E-state index in [1.54, 1.807) is 0 Å². The summed E-state index contributed by atoms with van der Waals surface area (Å²) in [4.78, 5) is 0. The van der Waals surface area contributed by atoms with E-state index in [2.05, 4.69) is 19.0 Å². The molecule has 0 spiro atoms. The van der Waals surface area contributed by atoms with E-state index in [1.165, 1.54) is 64.0 Å². The van der Waals surface area contributed by atoms with Crippen molar-refractivity contribution in [1.29, 1.82) is 0 Å². The van der Waals surface area contributed by atoms with Crippen LogP contribution in [0.5, 0.6) is 0 Å². The zero-order valence-corrected chi connectivity index (χ0v) is 9.80. The van der Waals surface area contributed by atoms with Crippen molar-refractivity contribution in [2.45, 2.75) is 70.9 Å². The zero-order chi connectivity index (χ0) is 10.1. The maximum Gasteiger partial charge on any atom is 0.166 e. The SMILES string of the molecule is CCCCCC/C=C/B1CCCCC1. The van der Waals surface area contributed by atoms with Crippen molar-refractivity contribution in [2.75, 3.05) is 0 Å². The molecule has 0 N–H and O–H groups in total. The number of hydrogen-bond donors (Lipinski definition) is 0. The highest BCUT2D eigenvalue weighted by molar-refractivity contribution is 6.64. The molecule has 0 aromatic carbocycles. The molecule has 0 aromatic rings. The Hall–Kier alpha value is -0.195. The fraction of sp³-hybridized carbons (Fsp3) is 0.846. The topological polar surface area (TPSA) is 0 Å². The van der Waals surface area contributed by atoms with Crippen molar-refractivity contribution < 1.29 is 0 Å². The molecule has 1 aliphatic heterocycles. The van der Waals surface area contributed by atoms with Crippen molar-refractivity contribution in [3.05, 3.63) is 12.1 Å². The van der Waals surface area contributed by atoms with E-state index in [9.17, 15) is 0 Å². The smallest absolute Gasteiger partial charge is 0.119 e. The van der Waals surface area contributed by atoms with E-state index in [1.807, 2.05) is 0 Å². The molecule has 0 aliphatic carbocycles. The van der Waals surface area contributed by atoms with Crippen molar-refractivity contribution in [1.82, 2.24) is 0 Å². The maximum absolute atomic E-state index is 2.49. The second-order valence-electron chi connectivity index (χ2n) is 4.68. The minimum Gasteiger partial charge on any atom is -0.119 e. The van der Waals surface area contributed by atoms with Crippen LogP contribution in [0, 0.1) is 0 Å². The molecule has 1 saturated heterocycles. The van der Waals surface area contributed by atoms with Crippen LogP contribution in [0.4, 0.5) is 0 Å². The molecular formula is C13H25B. The van der Waals surface area contributed by atoms with E-state index in [-0.39, 0.29) is 0 Å². The highest BCUT2D eigenvalue weighted by Gasteiger charge is 2.13. The Morgan fingerprint density at radius 2 is 1.79 bits per heavy atom. The summed E-state index contributed by atoms with van der Waals surface area (Å²) in [5.41, 5.74) is 0. The van der Waals surface area contributed by atoms with Crippen LogP contribution < -0.4 is 0 Å². The van der Waals surface area contributed by atoms with Crippen LogP contribution in [0.2, 0.25) is 12.6 Å². The summed E-state index contributed by atoms with van der Waals surface area (Å²) < 4.78 is 0. The Bertz CT molecular complexity index is 145. The van der Waals surface area contributed by atoms with Gasteiger partial charge >= 0.3 is 0 Å². The van der Waals surface area contributed by atoms with E-state index in [0.717, 1.165) is 6.71 Å². The normalized spacial score (nSPS) is 17.9. The lowest BCUT2D eigenvalue weighted by atomic mass is 9.41. The Labute approximate surface area is 90.2 Å². The third-order valence-corrected chi connectivity index (χ3v) is 3.28. The van der Waals surface area contributed by atoms with E-state index in [0.29, 0.717) is 0 Å². The summed E-state index contributed by atoms with van der Waals surface area (Å²) >= 11 is 0. The van der Waals surface area contributed by atoms with Gasteiger partial charge in [-0.05, 0) is 12.8 Å². The molecule has 0 nitrogen and oxygen atoms in total. The van der Waals surface area contributed by atoms with E-state index < -0.39 is 0 Å². The number of rotatable bonds is 6. The van der Waals surface area contributed by atoms with Crippen molar-refractivity contribution in [3.63, 3.8) is 0 Å². The van der Waals surface area contributed by atoms with Gasteiger partial charge in [0, 0.05) is 0 Å². The van der Waals surface area contributed by atoms with Gasteiger partial charge in [0.25, 0.3) is 0 Å². The van der Waals surface area contributed by atoms with E-state index in [4.69, 9.17) is 0 Å². The van der Waals surface area contributed by atoms with Crippen LogP contribution in [0.3, 0.4) is 0 Å². The molecular weight excluding hydrogens is 167 g/mol. The van der Waals surface area contributed by atoms with Crippen molar-refractivity contribution in [2.24, 2.45) is 0 Å². The zero-order valence-electron chi connectivity index (χ0n) is 9.80. The predicted octanol–water partition coefficient (Wildman–Crippen LogP) is 4.73. The Morgan fingerprint density at radius 3 is 2.50 bits per heavy atom. The first-order chi connectivity index (χ1) is 6.93. The van der Waals surface area contributed by atoms with Crippen molar-refractivity contribution >= 4 is 6.71 Å². The minimum atomic E-state index is 0.926. The molecule has 1 heteroatoms. The van der Waals surface area contributed by atoms with E-state index >= 15 is 0 Å². The summed E-state index contributed by atoms with van der Waals surface area (Å²) in [6, 6.07) is 0. The first-order valence-electron chi connectivity index (χ1n) is 6.60. The first kappa shape index (κ1) is 11.9. The van der Waals surface area contributed by atoms with Crippen LogP contribution in [0.15, 0.2) is 12.1 Å². The maximum atomic E-state index is 2.49. The lowest BCUT2D eigenvalue weighted by Gasteiger charge is -2.14. The fourth-order valence-electron chi connectivity index (χ4n) is 2.30. The van der Waals surface area contributed by atoms with Crippen LogP contribution in [-0.4, -0.2) is 6.71 Å². The quantitative estimate of drug-likeness (QED) is 0.421. The average molecular weight is 192 g/mol. The van der Waals surface area contributed by atoms with Gasteiger partial charge in [0.2, 0.25) is 0 Å². The van der Waals surface area contributed by atoms with Crippen molar-refractivity contribution in [3.8, 4) is 0 Å². The third kappa shape index (κ3) is 5.52. The number of hydrogen-bond acceptors (Lipinski definition) is 0. The van der Waals surface area contributed by atoms with Gasteiger partial charge in [-0.2, -0.15) is 0 Å². The second kappa shape index (κ2) is 8.14. The fourth-order valence-corrected chi connectivity index (χ4v) is 2.30. The van der Waals surface area contributed by atoms with Crippen LogP contribution in [0.25, 0.3) is 0 Å². The third-order valence-electron chi connectivity index (χ3n) is 3.28. The summed E-state index contributed by atoms with van der Waals surface area (Å²) in [6.45, 7) is 3.20. The molecule has 1 fully saturated rings. The van der Waals surface area contributed by atoms with Crippen LogP contribution in [0.1, 0.15) is 58.3 Å². The molecule has 1 rings (SSSR count). The summed E-state index contributed by atoms with van der Waals surface area (Å²) in [6.07, 6.45) is 16.6. The lowest BCUT2D eigenvalue weighted by Crippen LogP contribution is -2.12. The molecule has 0 amide bonds. The minimum absolute atomic E-state index is 0.926. The Kier molecular flexibility index (Phi) is 6.91. The largest absolute Gasteiger partial charge is 0.166 e. The molecule has 0 radical (unpaired) electrons. The lowest BCUT2D eigenvalue weighted by molar-refractivity contribution is 0.674. The molecule has 0 atom stereocenters. The van der Waals surface area contributed by atoms with Gasteiger partial charge in [-0.3, -0.25) is 0 Å². The summed E-state index contributed by atoms with van der Waals surface area (Å²) in [7, 11) is 0. The highest BCUT2D eigenvalue weighted by Crippen LogP contribution is 2.19. The molecule has 14 heavy (non-hydrogen) atoms. The molecule has 0 saturated carbocycles. The van der Waals surface area contributed by atoms with Gasteiger partial charge in [-0.15, -0.1) is 5.98 Å². The Balaban J connectivity index is 1.96. The molecule has 0 unspecified atom stereocenters. The molecule has 1 heterocycles. The average Bonchev–Trinajstić information content (AvgIpc) is 2.25. The molecule has 0 aromatic heterocycles. The Morgan fingerprint density at radius 1 is 1.00 bits per heavy atom. The summed E-state index contributed by atoms with van der Waals surface area (Å²) in [5, 5.41) is 0. The van der Waals surface area contributed by atoms with Gasteiger partial charge in [-0.1, -0.05) is 64.2 Å². The predicted molar refractivity (Wildman–Crippen MR) is 67.1 cm³/mol. The van der Waals surface area contributed by atoms with Crippen LogP contribution >= 0.6 is 0 Å². The monoisotopic (exact) mass is 192 g/mol. The molecule has 0 bridgehead atoms. The summed E-state index contributed by atoms with van der Waals surface area (Å²) in [5.74, 6) is 2.49. The number of unbranched alkanes of at least 4 members (excludes halogenated alkanes) is 4. The van der Waals surface area contributed by atoms with Gasteiger partial charge in [0.05, 0.1) is 0 Å². The second-order valence-corrected chi connectivity index (χ2v) is 4.68. The molecule has 80 valence electrons. The molecule has 1 aliphatic rings.